The summed E-state index contributed by atoms with van der Waals surface area (Å²) in [6.07, 6.45) is 4.11. The van der Waals surface area contributed by atoms with Gasteiger partial charge in [0, 0.05) is 30.9 Å². The molecule has 0 atom stereocenters. The largest absolute Gasteiger partial charge is 0.481 e. The molecule has 5 nitrogen and oxygen atoms in total. The number of carboxylic acid groups (broad SMARTS) is 1. The van der Waals surface area contributed by atoms with Crippen LogP contribution < -0.4 is 0 Å². The standard InChI is InChI=1S/C10H13N3O2S/c1-12(3-2-9(14)15)6-8-7-13-4-5-16-10(13)11-8/h4-5,7H,2-3,6H2,1H3,(H,14,15). The first kappa shape index (κ1) is 11.1. The van der Waals surface area contributed by atoms with Crippen LogP contribution in [0, 0.1) is 0 Å². The Bertz CT molecular complexity index is 462. The minimum Gasteiger partial charge on any atom is -0.481 e. The van der Waals surface area contributed by atoms with Crippen LogP contribution in [-0.2, 0) is 11.3 Å². The average Bonchev–Trinajstić information content (AvgIpc) is 2.74. The van der Waals surface area contributed by atoms with Gasteiger partial charge in [0.05, 0.1) is 12.1 Å². The highest BCUT2D eigenvalue weighted by Crippen LogP contribution is 2.12. The zero-order chi connectivity index (χ0) is 11.5. The number of carbonyl (C=O) groups is 1. The van der Waals surface area contributed by atoms with E-state index in [0.29, 0.717) is 13.1 Å². The number of thiazole rings is 1. The molecule has 2 rings (SSSR count). The van der Waals surface area contributed by atoms with Gasteiger partial charge in [0.25, 0.3) is 0 Å². The summed E-state index contributed by atoms with van der Waals surface area (Å²) in [6, 6.07) is 0. The predicted molar refractivity (Wildman–Crippen MR) is 61.7 cm³/mol. The van der Waals surface area contributed by atoms with Gasteiger partial charge in [0.2, 0.25) is 0 Å². The minimum absolute atomic E-state index is 0.165. The lowest BCUT2D eigenvalue weighted by atomic mass is 10.3. The second-order valence-electron chi connectivity index (χ2n) is 3.71. The number of hydrogen-bond acceptors (Lipinski definition) is 4. The number of aromatic nitrogens is 2. The molecule has 86 valence electrons. The van der Waals surface area contributed by atoms with Crippen molar-refractivity contribution in [2.45, 2.75) is 13.0 Å². The smallest absolute Gasteiger partial charge is 0.304 e. The number of hydrogen-bond donors (Lipinski definition) is 1. The van der Waals surface area contributed by atoms with Gasteiger partial charge >= 0.3 is 5.97 Å². The monoisotopic (exact) mass is 239 g/mol. The molecule has 0 aliphatic rings. The van der Waals surface area contributed by atoms with Crippen molar-refractivity contribution in [3.05, 3.63) is 23.5 Å². The maximum absolute atomic E-state index is 10.4. The average molecular weight is 239 g/mol. The fourth-order valence-corrected chi connectivity index (χ4v) is 2.21. The third kappa shape index (κ3) is 2.59. The first-order valence-electron chi connectivity index (χ1n) is 4.96. The van der Waals surface area contributed by atoms with Gasteiger partial charge in [0.15, 0.2) is 4.96 Å². The molecule has 1 N–H and O–H groups in total. The number of aliphatic carboxylic acids is 1. The van der Waals surface area contributed by atoms with E-state index in [0.717, 1.165) is 10.7 Å². The maximum Gasteiger partial charge on any atom is 0.304 e. The van der Waals surface area contributed by atoms with E-state index in [2.05, 4.69) is 4.98 Å². The summed E-state index contributed by atoms with van der Waals surface area (Å²) in [5, 5.41) is 10.6. The third-order valence-electron chi connectivity index (χ3n) is 2.28. The van der Waals surface area contributed by atoms with E-state index in [1.54, 1.807) is 11.3 Å². The van der Waals surface area contributed by atoms with Crippen molar-refractivity contribution < 1.29 is 9.90 Å². The number of fused-ring (bicyclic) bond motifs is 1. The lowest BCUT2D eigenvalue weighted by Gasteiger charge is -2.12. The van der Waals surface area contributed by atoms with Crippen molar-refractivity contribution in [3.8, 4) is 0 Å². The molecule has 0 fully saturated rings. The first-order chi connectivity index (χ1) is 7.65. The van der Waals surface area contributed by atoms with Crippen LogP contribution in [0.4, 0.5) is 0 Å². The Morgan fingerprint density at radius 3 is 3.19 bits per heavy atom. The number of imidazole rings is 1. The summed E-state index contributed by atoms with van der Waals surface area (Å²) in [5.74, 6) is -0.766. The van der Waals surface area contributed by atoms with Crippen LogP contribution in [0.3, 0.4) is 0 Å². The third-order valence-corrected chi connectivity index (χ3v) is 3.05. The lowest BCUT2D eigenvalue weighted by Crippen LogP contribution is -2.21. The number of nitrogens with zero attached hydrogens (tertiary/aromatic N) is 3. The molecular formula is C10H13N3O2S. The van der Waals surface area contributed by atoms with Crippen molar-refractivity contribution in [2.75, 3.05) is 13.6 Å². The molecule has 16 heavy (non-hydrogen) atoms. The highest BCUT2D eigenvalue weighted by Gasteiger charge is 2.07. The van der Waals surface area contributed by atoms with E-state index < -0.39 is 5.97 Å². The van der Waals surface area contributed by atoms with Gasteiger partial charge in [-0.25, -0.2) is 4.98 Å². The molecule has 0 unspecified atom stereocenters. The molecule has 0 aromatic carbocycles. The SMILES string of the molecule is CN(CCC(=O)O)Cc1cn2ccsc2n1. The van der Waals surface area contributed by atoms with Crippen LogP contribution in [0.5, 0.6) is 0 Å². The second-order valence-corrected chi connectivity index (χ2v) is 4.58. The zero-order valence-corrected chi connectivity index (χ0v) is 9.78. The normalized spacial score (nSPS) is 11.4. The van der Waals surface area contributed by atoms with Crippen LogP contribution >= 0.6 is 11.3 Å². The zero-order valence-electron chi connectivity index (χ0n) is 8.96. The van der Waals surface area contributed by atoms with Crippen LogP contribution in [0.2, 0.25) is 0 Å². The Kier molecular flexibility index (Phi) is 3.21. The van der Waals surface area contributed by atoms with Gasteiger partial charge in [-0.2, -0.15) is 0 Å². The molecule has 0 spiro atoms. The van der Waals surface area contributed by atoms with E-state index in [4.69, 9.17) is 5.11 Å². The molecule has 2 heterocycles. The maximum atomic E-state index is 10.4. The lowest BCUT2D eigenvalue weighted by molar-refractivity contribution is -0.137. The molecular weight excluding hydrogens is 226 g/mol. The van der Waals surface area contributed by atoms with Gasteiger partial charge < -0.3 is 5.11 Å². The molecule has 0 radical (unpaired) electrons. The van der Waals surface area contributed by atoms with Gasteiger partial charge in [0.1, 0.15) is 0 Å². The summed E-state index contributed by atoms with van der Waals surface area (Å²) in [6.45, 7) is 1.22. The fraction of sp³-hybridized carbons (Fsp3) is 0.400. The number of carboxylic acids is 1. The highest BCUT2D eigenvalue weighted by atomic mass is 32.1. The molecule has 0 aliphatic carbocycles. The summed E-state index contributed by atoms with van der Waals surface area (Å²) >= 11 is 1.59. The van der Waals surface area contributed by atoms with Crippen LogP contribution in [0.15, 0.2) is 17.8 Å². The van der Waals surface area contributed by atoms with E-state index in [1.165, 1.54) is 0 Å². The van der Waals surface area contributed by atoms with Crippen molar-refractivity contribution in [1.82, 2.24) is 14.3 Å². The summed E-state index contributed by atoms with van der Waals surface area (Å²) < 4.78 is 1.98. The molecule has 0 aliphatic heterocycles. The van der Waals surface area contributed by atoms with Gasteiger partial charge in [-0.1, -0.05) is 0 Å². The van der Waals surface area contributed by atoms with E-state index in [9.17, 15) is 4.79 Å². The van der Waals surface area contributed by atoms with Crippen LogP contribution in [0.1, 0.15) is 12.1 Å². The van der Waals surface area contributed by atoms with Gasteiger partial charge in [-0.05, 0) is 7.05 Å². The Balaban J connectivity index is 1.94. The van der Waals surface area contributed by atoms with Gasteiger partial charge in [-0.15, -0.1) is 11.3 Å². The Labute approximate surface area is 96.9 Å². The minimum atomic E-state index is -0.766. The van der Waals surface area contributed by atoms with E-state index in [-0.39, 0.29) is 6.42 Å². The van der Waals surface area contributed by atoms with E-state index in [1.807, 2.05) is 34.1 Å². The summed E-state index contributed by atoms with van der Waals surface area (Å²) in [5.41, 5.74) is 0.972. The van der Waals surface area contributed by atoms with Crippen LogP contribution in [-0.4, -0.2) is 39.0 Å². The van der Waals surface area contributed by atoms with Crippen molar-refractivity contribution in [2.24, 2.45) is 0 Å². The molecule has 2 aromatic heterocycles. The Morgan fingerprint density at radius 2 is 2.50 bits per heavy atom. The Morgan fingerprint density at radius 1 is 1.69 bits per heavy atom. The Hall–Kier alpha value is -1.40. The molecule has 6 heteroatoms. The summed E-state index contributed by atoms with van der Waals surface area (Å²) in [4.78, 5) is 17.8. The molecule has 2 aromatic rings. The van der Waals surface area contributed by atoms with Crippen molar-refractivity contribution >= 4 is 22.3 Å². The molecule has 0 saturated heterocycles. The molecule has 0 amide bonds. The van der Waals surface area contributed by atoms with Gasteiger partial charge in [-0.3, -0.25) is 14.1 Å². The number of rotatable bonds is 5. The molecule has 0 saturated carbocycles. The highest BCUT2D eigenvalue weighted by molar-refractivity contribution is 7.15. The van der Waals surface area contributed by atoms with Crippen molar-refractivity contribution in [1.29, 1.82) is 0 Å². The second kappa shape index (κ2) is 4.63. The van der Waals surface area contributed by atoms with E-state index >= 15 is 0 Å². The molecule has 0 bridgehead atoms. The first-order valence-corrected chi connectivity index (χ1v) is 5.84. The topological polar surface area (TPSA) is 57.8 Å². The van der Waals surface area contributed by atoms with Crippen molar-refractivity contribution in [3.63, 3.8) is 0 Å². The van der Waals surface area contributed by atoms with Crippen LogP contribution in [0.25, 0.3) is 4.96 Å². The fourth-order valence-electron chi connectivity index (χ4n) is 1.49. The quantitative estimate of drug-likeness (QED) is 0.854. The predicted octanol–water partition coefficient (Wildman–Crippen LogP) is 1.30. The summed E-state index contributed by atoms with van der Waals surface area (Å²) in [7, 11) is 1.90.